The lowest BCUT2D eigenvalue weighted by Crippen LogP contribution is -2.47. The van der Waals surface area contributed by atoms with Crippen molar-refractivity contribution in [1.29, 1.82) is 0 Å². The highest BCUT2D eigenvalue weighted by Gasteiger charge is 2.28. The summed E-state index contributed by atoms with van der Waals surface area (Å²) in [5.74, 6) is -0.780. The second-order valence-corrected chi connectivity index (χ2v) is 5.51. The van der Waals surface area contributed by atoms with E-state index < -0.39 is 11.9 Å². The molecule has 20 heavy (non-hydrogen) atoms. The number of aliphatic carboxylic acids is 1. The van der Waals surface area contributed by atoms with Gasteiger partial charge in [0.1, 0.15) is 0 Å². The number of carbonyl (C=O) groups is 2. The summed E-state index contributed by atoms with van der Waals surface area (Å²) < 4.78 is 5.14. The number of carboxylic acid groups (broad SMARTS) is 1. The number of methoxy groups -OCH3 is 1. The van der Waals surface area contributed by atoms with Crippen LogP contribution in [0.2, 0.25) is 0 Å². The van der Waals surface area contributed by atoms with Crippen LogP contribution >= 0.6 is 0 Å². The van der Waals surface area contributed by atoms with Gasteiger partial charge in [0.05, 0.1) is 12.0 Å². The Hall–Kier alpha value is -1.56. The molecule has 2 amide bonds. The van der Waals surface area contributed by atoms with E-state index in [2.05, 4.69) is 5.32 Å². The summed E-state index contributed by atoms with van der Waals surface area (Å²) in [6, 6.07) is -0.262. The molecule has 0 saturated carbocycles. The molecule has 1 fully saturated rings. The Morgan fingerprint density at radius 1 is 1.35 bits per heavy atom. The van der Waals surface area contributed by atoms with Crippen LogP contribution in [0.25, 0.3) is 0 Å². The van der Waals surface area contributed by atoms with E-state index in [-0.39, 0.29) is 12.1 Å². The Labute approximate surface area is 118 Å². The molecule has 0 aromatic heterocycles. The second kappa shape index (κ2) is 6.74. The maximum atomic E-state index is 12.1. The van der Waals surface area contributed by atoms with Crippen molar-refractivity contribution >= 4 is 12.0 Å². The van der Waals surface area contributed by atoms with Gasteiger partial charge in [0.25, 0.3) is 0 Å². The Balaban J connectivity index is 1.74. The van der Waals surface area contributed by atoms with E-state index in [0.717, 1.165) is 32.5 Å². The molecule has 0 bridgehead atoms. The summed E-state index contributed by atoms with van der Waals surface area (Å²) in [7, 11) is 1.70. The van der Waals surface area contributed by atoms with Gasteiger partial charge in [-0.1, -0.05) is 12.2 Å². The normalized spacial score (nSPS) is 26.8. The van der Waals surface area contributed by atoms with Gasteiger partial charge in [-0.25, -0.2) is 4.79 Å². The number of urea groups is 1. The van der Waals surface area contributed by atoms with Crippen molar-refractivity contribution in [3.8, 4) is 0 Å². The van der Waals surface area contributed by atoms with E-state index in [0.29, 0.717) is 12.3 Å². The standard InChI is InChI=1S/C14H22N2O4/c1-20-9-10-4-6-16(7-5-10)14(19)15-12-3-2-11(8-12)13(17)18/h2-3,10-12H,4-9H2,1H3,(H,15,19)(H,17,18). The van der Waals surface area contributed by atoms with E-state index in [4.69, 9.17) is 9.84 Å². The topological polar surface area (TPSA) is 78.9 Å². The average Bonchev–Trinajstić information content (AvgIpc) is 2.88. The average molecular weight is 282 g/mol. The third-order valence-corrected chi connectivity index (χ3v) is 4.01. The second-order valence-electron chi connectivity index (χ2n) is 5.51. The van der Waals surface area contributed by atoms with Crippen LogP contribution in [0.4, 0.5) is 4.79 Å². The largest absolute Gasteiger partial charge is 0.481 e. The van der Waals surface area contributed by atoms with Crippen molar-refractivity contribution in [2.75, 3.05) is 26.8 Å². The molecule has 0 aromatic carbocycles. The van der Waals surface area contributed by atoms with Gasteiger partial charge < -0.3 is 20.1 Å². The highest BCUT2D eigenvalue weighted by atomic mass is 16.5. The van der Waals surface area contributed by atoms with Crippen LogP contribution < -0.4 is 5.32 Å². The van der Waals surface area contributed by atoms with Crippen LogP contribution in [0, 0.1) is 11.8 Å². The van der Waals surface area contributed by atoms with Crippen LogP contribution in [-0.2, 0) is 9.53 Å². The van der Waals surface area contributed by atoms with Crippen molar-refractivity contribution < 1.29 is 19.4 Å². The van der Waals surface area contributed by atoms with Crippen LogP contribution in [0.3, 0.4) is 0 Å². The molecule has 0 radical (unpaired) electrons. The number of hydrogen-bond donors (Lipinski definition) is 2. The molecule has 1 heterocycles. The number of nitrogens with one attached hydrogen (secondary N) is 1. The zero-order valence-electron chi connectivity index (χ0n) is 11.7. The molecule has 2 rings (SSSR count). The van der Waals surface area contributed by atoms with Gasteiger partial charge in [-0.05, 0) is 25.2 Å². The Morgan fingerprint density at radius 3 is 2.60 bits per heavy atom. The number of rotatable bonds is 4. The molecule has 112 valence electrons. The lowest BCUT2D eigenvalue weighted by molar-refractivity contribution is -0.140. The molecule has 1 saturated heterocycles. The van der Waals surface area contributed by atoms with E-state index in [1.807, 2.05) is 0 Å². The molecule has 0 spiro atoms. The van der Waals surface area contributed by atoms with E-state index in [1.165, 1.54) is 0 Å². The molecule has 6 nitrogen and oxygen atoms in total. The predicted molar refractivity (Wildman–Crippen MR) is 73.4 cm³/mol. The molecule has 2 N–H and O–H groups in total. The number of piperidine rings is 1. The first-order valence-corrected chi connectivity index (χ1v) is 7.05. The van der Waals surface area contributed by atoms with Crippen molar-refractivity contribution in [3.63, 3.8) is 0 Å². The minimum absolute atomic E-state index is 0.0958. The Morgan fingerprint density at radius 2 is 2.05 bits per heavy atom. The van der Waals surface area contributed by atoms with Crippen molar-refractivity contribution in [2.45, 2.75) is 25.3 Å². The van der Waals surface area contributed by atoms with E-state index >= 15 is 0 Å². The highest BCUT2D eigenvalue weighted by molar-refractivity contribution is 5.76. The number of nitrogens with zero attached hydrogens (tertiary/aromatic N) is 1. The van der Waals surface area contributed by atoms with Crippen LogP contribution in [0.5, 0.6) is 0 Å². The maximum Gasteiger partial charge on any atom is 0.317 e. The molecule has 6 heteroatoms. The Kier molecular flexibility index (Phi) is 5.00. The van der Waals surface area contributed by atoms with Crippen LogP contribution in [-0.4, -0.2) is 54.9 Å². The van der Waals surface area contributed by atoms with Crippen molar-refractivity contribution in [3.05, 3.63) is 12.2 Å². The van der Waals surface area contributed by atoms with Gasteiger partial charge in [0.15, 0.2) is 0 Å². The first-order valence-electron chi connectivity index (χ1n) is 7.05. The smallest absolute Gasteiger partial charge is 0.317 e. The lowest BCUT2D eigenvalue weighted by atomic mass is 9.98. The molecule has 2 aliphatic rings. The first kappa shape index (κ1) is 14.8. The minimum Gasteiger partial charge on any atom is -0.481 e. The zero-order valence-corrected chi connectivity index (χ0v) is 11.7. The molecule has 2 atom stereocenters. The fraction of sp³-hybridized carbons (Fsp3) is 0.714. The first-order chi connectivity index (χ1) is 9.60. The number of amides is 2. The van der Waals surface area contributed by atoms with Crippen molar-refractivity contribution in [1.82, 2.24) is 10.2 Å². The fourth-order valence-electron chi connectivity index (χ4n) is 2.78. The summed E-state index contributed by atoms with van der Waals surface area (Å²) in [5, 5.41) is 11.8. The highest BCUT2D eigenvalue weighted by Crippen LogP contribution is 2.20. The van der Waals surface area contributed by atoms with Crippen molar-refractivity contribution in [2.24, 2.45) is 11.8 Å². The van der Waals surface area contributed by atoms with Gasteiger partial charge in [-0.15, -0.1) is 0 Å². The van der Waals surface area contributed by atoms with E-state index in [1.54, 1.807) is 24.2 Å². The SMILES string of the molecule is COCC1CCN(C(=O)NC2C=CC(C(=O)O)C2)CC1. The Bertz CT molecular complexity index is 389. The summed E-state index contributed by atoms with van der Waals surface area (Å²) in [4.78, 5) is 24.7. The molecular weight excluding hydrogens is 260 g/mol. The van der Waals surface area contributed by atoms with Gasteiger partial charge in [0, 0.05) is 26.8 Å². The van der Waals surface area contributed by atoms with Crippen LogP contribution in [0.1, 0.15) is 19.3 Å². The van der Waals surface area contributed by atoms with Crippen LogP contribution in [0.15, 0.2) is 12.2 Å². The third-order valence-electron chi connectivity index (χ3n) is 4.01. The number of carboxylic acids is 1. The molecule has 0 aromatic rings. The number of carbonyl (C=O) groups excluding carboxylic acids is 1. The zero-order chi connectivity index (χ0) is 14.5. The quantitative estimate of drug-likeness (QED) is 0.756. The summed E-state index contributed by atoms with van der Waals surface area (Å²) in [5.41, 5.74) is 0. The molecule has 1 aliphatic carbocycles. The number of likely N-dealkylation sites (tertiary alicyclic amines) is 1. The van der Waals surface area contributed by atoms with Gasteiger partial charge in [0.2, 0.25) is 0 Å². The number of hydrogen-bond acceptors (Lipinski definition) is 3. The summed E-state index contributed by atoms with van der Waals surface area (Å²) >= 11 is 0. The maximum absolute atomic E-state index is 12.1. The molecule has 1 aliphatic heterocycles. The predicted octanol–water partition coefficient (Wildman–Crippen LogP) is 1.08. The summed E-state index contributed by atoms with van der Waals surface area (Å²) in [6.07, 6.45) is 5.78. The third kappa shape index (κ3) is 3.72. The van der Waals surface area contributed by atoms with Gasteiger partial charge >= 0.3 is 12.0 Å². The monoisotopic (exact) mass is 282 g/mol. The fourth-order valence-corrected chi connectivity index (χ4v) is 2.78. The molecular formula is C14H22N2O4. The van der Waals surface area contributed by atoms with E-state index in [9.17, 15) is 9.59 Å². The number of ether oxygens (including phenoxy) is 1. The lowest BCUT2D eigenvalue weighted by Gasteiger charge is -2.32. The summed E-state index contributed by atoms with van der Waals surface area (Å²) in [6.45, 7) is 2.22. The van der Waals surface area contributed by atoms with Gasteiger partial charge in [-0.3, -0.25) is 4.79 Å². The van der Waals surface area contributed by atoms with Gasteiger partial charge in [-0.2, -0.15) is 0 Å². The minimum atomic E-state index is -0.835. The molecule has 2 unspecified atom stereocenters.